The minimum Gasteiger partial charge on any atom is -0.313 e. The van der Waals surface area contributed by atoms with Gasteiger partial charge in [0.05, 0.1) is 17.7 Å². The molecule has 0 spiro atoms. The molecule has 6 heteroatoms. The molecule has 0 amide bonds. The molecule has 0 aliphatic heterocycles. The minimum absolute atomic E-state index is 0.676. The molecule has 2 aliphatic carbocycles. The average molecular weight is 383 g/mol. The van der Waals surface area contributed by atoms with Crippen LogP contribution in [0, 0.1) is 5.92 Å². The smallest absolute Gasteiger partial charge is 0.211 e. The Morgan fingerprint density at radius 1 is 1.00 bits per heavy atom. The van der Waals surface area contributed by atoms with Gasteiger partial charge < -0.3 is 9.13 Å². The van der Waals surface area contributed by atoms with Gasteiger partial charge in [-0.1, -0.05) is 12.1 Å². The lowest BCUT2D eigenvalue weighted by Gasteiger charge is -2.06. The second-order valence-electron chi connectivity index (χ2n) is 8.24. The summed E-state index contributed by atoms with van der Waals surface area (Å²) in [6.45, 7) is 1.02. The lowest BCUT2D eigenvalue weighted by atomic mass is 10.2. The van der Waals surface area contributed by atoms with Crippen molar-refractivity contribution in [2.45, 2.75) is 38.1 Å². The first-order valence-corrected chi connectivity index (χ1v) is 10.4. The predicted molar refractivity (Wildman–Crippen MR) is 109 cm³/mol. The molecule has 4 aromatic rings. The Balaban J connectivity index is 1.27. The van der Waals surface area contributed by atoms with E-state index in [9.17, 15) is 0 Å². The third-order valence-corrected chi connectivity index (χ3v) is 5.88. The Bertz CT molecular complexity index is 1150. The lowest BCUT2D eigenvalue weighted by Crippen LogP contribution is -2.29. The van der Waals surface area contributed by atoms with Crippen molar-refractivity contribution in [1.29, 1.82) is 0 Å². The van der Waals surface area contributed by atoms with Crippen molar-refractivity contribution in [3.8, 4) is 22.8 Å². The minimum atomic E-state index is 0.676. The maximum absolute atomic E-state index is 4.55. The fraction of sp³-hybridized carbons (Fsp3) is 0.304. The van der Waals surface area contributed by atoms with Gasteiger partial charge in [-0.2, -0.15) is 4.57 Å². The van der Waals surface area contributed by atoms with Crippen LogP contribution >= 0.6 is 0 Å². The monoisotopic (exact) mass is 383 g/mol. The molecule has 29 heavy (non-hydrogen) atoms. The summed E-state index contributed by atoms with van der Waals surface area (Å²) in [5.74, 6) is 2.41. The normalized spacial score (nSPS) is 16.3. The molecule has 0 atom stereocenters. The van der Waals surface area contributed by atoms with Gasteiger partial charge in [0.25, 0.3) is 0 Å². The molecule has 0 radical (unpaired) electrons. The number of imidazole rings is 1. The van der Waals surface area contributed by atoms with E-state index >= 15 is 0 Å². The highest BCUT2D eigenvalue weighted by atomic mass is 15.3. The van der Waals surface area contributed by atoms with Crippen LogP contribution in [0.15, 0.2) is 67.6 Å². The average Bonchev–Trinajstić information content (AvgIpc) is 3.68. The maximum atomic E-state index is 4.55. The Hall–Kier alpha value is -3.28. The number of benzene rings is 1. The molecule has 0 unspecified atom stereocenters. The largest absolute Gasteiger partial charge is 0.313 e. The van der Waals surface area contributed by atoms with E-state index in [1.165, 1.54) is 31.4 Å². The maximum Gasteiger partial charge on any atom is 0.211 e. The van der Waals surface area contributed by atoms with Crippen LogP contribution in [-0.2, 0) is 6.54 Å². The zero-order valence-corrected chi connectivity index (χ0v) is 16.2. The summed E-state index contributed by atoms with van der Waals surface area (Å²) in [7, 11) is 0. The van der Waals surface area contributed by atoms with Crippen molar-refractivity contribution in [3.63, 3.8) is 0 Å². The summed E-state index contributed by atoms with van der Waals surface area (Å²) >= 11 is 0. The van der Waals surface area contributed by atoms with Crippen LogP contribution in [0.25, 0.3) is 22.8 Å². The number of pyridine rings is 1. The third kappa shape index (κ3) is 3.35. The zero-order chi connectivity index (χ0) is 19.2. The Morgan fingerprint density at radius 2 is 1.86 bits per heavy atom. The summed E-state index contributed by atoms with van der Waals surface area (Å²) in [4.78, 5) is 4.55. The SMILES string of the molecule is c1cc(-c2nncn2CC2CC2)cc(-[n+]2ccc(-n3cnc(C4CC4)c3)cc2)c1. The highest BCUT2D eigenvalue weighted by molar-refractivity contribution is 5.57. The van der Waals surface area contributed by atoms with Gasteiger partial charge in [-0.3, -0.25) is 0 Å². The van der Waals surface area contributed by atoms with Crippen molar-refractivity contribution < 1.29 is 4.57 Å². The molecular formula is C23H23N6+. The second kappa shape index (κ2) is 6.65. The van der Waals surface area contributed by atoms with E-state index in [0.717, 1.165) is 35.2 Å². The van der Waals surface area contributed by atoms with E-state index in [1.54, 1.807) is 0 Å². The molecular weight excluding hydrogens is 360 g/mol. The van der Waals surface area contributed by atoms with Crippen LogP contribution < -0.4 is 4.57 Å². The summed E-state index contributed by atoms with van der Waals surface area (Å²) < 4.78 is 6.42. The van der Waals surface area contributed by atoms with E-state index in [1.807, 2.05) is 12.7 Å². The van der Waals surface area contributed by atoms with Gasteiger partial charge >= 0.3 is 0 Å². The molecule has 0 bridgehead atoms. The van der Waals surface area contributed by atoms with Gasteiger partial charge in [0.15, 0.2) is 18.2 Å². The molecule has 2 fully saturated rings. The first kappa shape index (κ1) is 16.7. The molecule has 2 saturated carbocycles. The number of hydrogen-bond acceptors (Lipinski definition) is 3. The van der Waals surface area contributed by atoms with Crippen molar-refractivity contribution in [2.24, 2.45) is 5.92 Å². The third-order valence-electron chi connectivity index (χ3n) is 5.88. The lowest BCUT2D eigenvalue weighted by molar-refractivity contribution is -0.595. The van der Waals surface area contributed by atoms with E-state index in [2.05, 4.69) is 83.9 Å². The van der Waals surface area contributed by atoms with E-state index in [-0.39, 0.29) is 0 Å². The van der Waals surface area contributed by atoms with Crippen molar-refractivity contribution in [3.05, 3.63) is 73.3 Å². The summed E-state index contributed by atoms with van der Waals surface area (Å²) in [5, 5.41) is 8.51. The molecule has 144 valence electrons. The van der Waals surface area contributed by atoms with Gasteiger partial charge in [-0.15, -0.1) is 10.2 Å². The number of aromatic nitrogens is 6. The Labute approximate surface area is 169 Å². The van der Waals surface area contributed by atoms with Gasteiger partial charge in [-0.25, -0.2) is 4.98 Å². The van der Waals surface area contributed by atoms with Crippen LogP contribution in [0.2, 0.25) is 0 Å². The molecule has 0 N–H and O–H groups in total. The fourth-order valence-electron chi connectivity index (χ4n) is 3.83. The fourth-order valence-corrected chi connectivity index (χ4v) is 3.83. The highest BCUT2D eigenvalue weighted by Crippen LogP contribution is 2.39. The Kier molecular flexibility index (Phi) is 3.82. The highest BCUT2D eigenvalue weighted by Gasteiger charge is 2.26. The Morgan fingerprint density at radius 3 is 2.66 bits per heavy atom. The van der Waals surface area contributed by atoms with Crippen LogP contribution in [0.1, 0.15) is 37.3 Å². The topological polar surface area (TPSA) is 52.4 Å². The number of rotatable bonds is 6. The molecule has 6 rings (SSSR count). The number of hydrogen-bond donors (Lipinski definition) is 0. The summed E-state index contributed by atoms with van der Waals surface area (Å²) in [6.07, 6.45) is 15.3. The van der Waals surface area contributed by atoms with Gasteiger partial charge in [0.1, 0.15) is 6.33 Å². The van der Waals surface area contributed by atoms with Crippen LogP contribution in [0.3, 0.4) is 0 Å². The van der Waals surface area contributed by atoms with Crippen LogP contribution in [0.5, 0.6) is 0 Å². The molecule has 2 aliphatic rings. The molecule has 1 aromatic carbocycles. The van der Waals surface area contributed by atoms with Crippen LogP contribution in [-0.4, -0.2) is 24.3 Å². The molecule has 3 aromatic heterocycles. The quantitative estimate of drug-likeness (QED) is 0.477. The summed E-state index contributed by atoms with van der Waals surface area (Å²) in [6, 6.07) is 12.7. The number of nitrogens with zero attached hydrogens (tertiary/aromatic N) is 6. The second-order valence-corrected chi connectivity index (χ2v) is 8.24. The zero-order valence-electron chi connectivity index (χ0n) is 16.2. The molecule has 6 nitrogen and oxygen atoms in total. The van der Waals surface area contributed by atoms with E-state index in [0.29, 0.717) is 5.92 Å². The standard InChI is InChI=1S/C23H23N6/c1-2-19(23-26-25-16-29(23)13-17-4-5-17)12-21(3-1)27-10-8-20(9-11-27)28-14-22(24-15-28)18-6-7-18/h1-3,8-12,14-18H,4-7,13H2/q+1. The van der Waals surface area contributed by atoms with Gasteiger partial charge in [0.2, 0.25) is 5.69 Å². The van der Waals surface area contributed by atoms with Crippen LogP contribution in [0.4, 0.5) is 0 Å². The van der Waals surface area contributed by atoms with E-state index in [4.69, 9.17) is 0 Å². The van der Waals surface area contributed by atoms with Crippen molar-refractivity contribution >= 4 is 0 Å². The first-order valence-electron chi connectivity index (χ1n) is 10.4. The van der Waals surface area contributed by atoms with Gasteiger partial charge in [-0.05, 0) is 31.6 Å². The first-order chi connectivity index (χ1) is 14.3. The predicted octanol–water partition coefficient (Wildman–Crippen LogP) is 3.69. The molecule has 3 heterocycles. The molecule has 0 saturated heterocycles. The van der Waals surface area contributed by atoms with Crippen molar-refractivity contribution in [2.75, 3.05) is 0 Å². The van der Waals surface area contributed by atoms with E-state index < -0.39 is 0 Å². The van der Waals surface area contributed by atoms with Crippen molar-refractivity contribution in [1.82, 2.24) is 24.3 Å². The summed E-state index contributed by atoms with van der Waals surface area (Å²) in [5.41, 5.74) is 4.55. The van der Waals surface area contributed by atoms with Gasteiger partial charge in [0, 0.05) is 48.5 Å².